The van der Waals surface area contributed by atoms with Gasteiger partial charge in [-0.05, 0) is 47.5 Å². The molecule has 0 atom stereocenters. The highest BCUT2D eigenvalue weighted by atomic mass is 79.9. The van der Waals surface area contributed by atoms with Gasteiger partial charge in [-0.25, -0.2) is 9.97 Å². The van der Waals surface area contributed by atoms with E-state index >= 15 is 0 Å². The molecule has 0 saturated heterocycles. The van der Waals surface area contributed by atoms with Gasteiger partial charge < -0.3 is 5.32 Å². The molecule has 1 aromatic heterocycles. The zero-order valence-electron chi connectivity index (χ0n) is 8.54. The van der Waals surface area contributed by atoms with Crippen LogP contribution >= 0.6 is 15.9 Å². The fraction of sp³-hybridized carbons (Fsp3) is 0.636. The van der Waals surface area contributed by atoms with E-state index in [1.807, 2.05) is 6.07 Å². The maximum absolute atomic E-state index is 4.54. The summed E-state index contributed by atoms with van der Waals surface area (Å²) in [4.78, 5) is 8.95. The zero-order chi connectivity index (χ0) is 10.3. The van der Waals surface area contributed by atoms with Crippen LogP contribution in [0.5, 0.6) is 0 Å². The maximum atomic E-state index is 4.54. The molecule has 4 heteroatoms. The molecule has 80 valence electrons. The van der Waals surface area contributed by atoms with Crippen LogP contribution in [0.3, 0.4) is 0 Å². The second-order valence-electron chi connectivity index (χ2n) is 4.53. The number of rotatable bonds is 4. The van der Waals surface area contributed by atoms with E-state index in [4.69, 9.17) is 0 Å². The molecule has 1 heterocycles. The van der Waals surface area contributed by atoms with Gasteiger partial charge in [-0.15, -0.1) is 0 Å². The Morgan fingerprint density at radius 1 is 1.27 bits per heavy atom. The average molecular weight is 268 g/mol. The SMILES string of the molecule is Brc1cc(NCC2CC2)nc(C2CC2)n1. The summed E-state index contributed by atoms with van der Waals surface area (Å²) < 4.78 is 0.901. The molecule has 2 aliphatic carbocycles. The fourth-order valence-corrected chi connectivity index (χ4v) is 2.02. The molecule has 0 amide bonds. The number of hydrogen-bond donors (Lipinski definition) is 1. The van der Waals surface area contributed by atoms with E-state index in [9.17, 15) is 0 Å². The monoisotopic (exact) mass is 267 g/mol. The third-order valence-electron chi connectivity index (χ3n) is 2.92. The van der Waals surface area contributed by atoms with E-state index in [-0.39, 0.29) is 0 Å². The summed E-state index contributed by atoms with van der Waals surface area (Å²) in [5.41, 5.74) is 0. The van der Waals surface area contributed by atoms with Crippen LogP contribution in [0.2, 0.25) is 0 Å². The highest BCUT2D eigenvalue weighted by molar-refractivity contribution is 9.10. The topological polar surface area (TPSA) is 37.8 Å². The quantitative estimate of drug-likeness (QED) is 0.853. The van der Waals surface area contributed by atoms with Crippen molar-refractivity contribution < 1.29 is 0 Å². The van der Waals surface area contributed by atoms with Crippen LogP contribution in [-0.4, -0.2) is 16.5 Å². The van der Waals surface area contributed by atoms with Gasteiger partial charge in [-0.3, -0.25) is 0 Å². The van der Waals surface area contributed by atoms with Crippen LogP contribution in [0.25, 0.3) is 0 Å². The highest BCUT2D eigenvalue weighted by Crippen LogP contribution is 2.39. The molecule has 0 radical (unpaired) electrons. The molecule has 1 N–H and O–H groups in total. The first-order valence-corrected chi connectivity index (χ1v) is 6.39. The lowest BCUT2D eigenvalue weighted by atomic mass is 10.4. The first-order chi connectivity index (χ1) is 7.31. The smallest absolute Gasteiger partial charge is 0.135 e. The Labute approximate surface area is 97.8 Å². The molecule has 0 aliphatic heterocycles. The number of hydrogen-bond acceptors (Lipinski definition) is 3. The lowest BCUT2D eigenvalue weighted by molar-refractivity contribution is 0.863. The van der Waals surface area contributed by atoms with Gasteiger partial charge in [-0.1, -0.05) is 0 Å². The van der Waals surface area contributed by atoms with Crippen molar-refractivity contribution in [1.82, 2.24) is 9.97 Å². The molecule has 0 spiro atoms. The summed E-state index contributed by atoms with van der Waals surface area (Å²) in [6.45, 7) is 1.06. The number of halogens is 1. The average Bonchev–Trinajstić information content (AvgIpc) is 3.06. The van der Waals surface area contributed by atoms with Gasteiger partial charge in [0.05, 0.1) is 0 Å². The lowest BCUT2D eigenvalue weighted by Crippen LogP contribution is -2.07. The molecule has 3 nitrogen and oxygen atoms in total. The van der Waals surface area contributed by atoms with Crippen molar-refractivity contribution in [3.8, 4) is 0 Å². The molecule has 0 bridgehead atoms. The first-order valence-electron chi connectivity index (χ1n) is 5.59. The van der Waals surface area contributed by atoms with Crippen LogP contribution in [0.15, 0.2) is 10.7 Å². The fourth-order valence-electron chi connectivity index (χ4n) is 1.62. The first kappa shape index (κ1) is 9.58. The van der Waals surface area contributed by atoms with E-state index in [0.717, 1.165) is 28.7 Å². The molecular formula is C11H14BrN3. The van der Waals surface area contributed by atoms with Gasteiger partial charge in [-0.2, -0.15) is 0 Å². The standard InChI is InChI=1S/C11H14BrN3/c12-9-5-10(13-6-7-1-2-7)15-11(14-9)8-3-4-8/h5,7-8H,1-4,6H2,(H,13,14,15). The number of aromatic nitrogens is 2. The Bertz CT molecular complexity index is 372. The van der Waals surface area contributed by atoms with Crippen molar-refractivity contribution in [3.05, 3.63) is 16.5 Å². The van der Waals surface area contributed by atoms with E-state index < -0.39 is 0 Å². The van der Waals surface area contributed by atoms with Crippen molar-refractivity contribution >= 4 is 21.7 Å². The van der Waals surface area contributed by atoms with Gasteiger partial charge >= 0.3 is 0 Å². The minimum Gasteiger partial charge on any atom is -0.370 e. The molecule has 15 heavy (non-hydrogen) atoms. The summed E-state index contributed by atoms with van der Waals surface area (Å²) >= 11 is 3.44. The normalized spacial score (nSPS) is 20.3. The molecule has 3 rings (SSSR count). The van der Waals surface area contributed by atoms with Crippen molar-refractivity contribution in [2.45, 2.75) is 31.6 Å². The maximum Gasteiger partial charge on any atom is 0.135 e. The van der Waals surface area contributed by atoms with E-state index in [2.05, 4.69) is 31.2 Å². The Balaban J connectivity index is 1.73. The minimum atomic E-state index is 0.615. The Morgan fingerprint density at radius 3 is 2.73 bits per heavy atom. The molecule has 2 fully saturated rings. The van der Waals surface area contributed by atoms with Crippen LogP contribution in [0.1, 0.15) is 37.4 Å². The minimum absolute atomic E-state index is 0.615. The highest BCUT2D eigenvalue weighted by Gasteiger charge is 2.27. The van der Waals surface area contributed by atoms with Crippen LogP contribution in [-0.2, 0) is 0 Å². The van der Waals surface area contributed by atoms with Crippen molar-refractivity contribution in [2.24, 2.45) is 5.92 Å². The van der Waals surface area contributed by atoms with Gasteiger partial charge in [0, 0.05) is 18.5 Å². The third kappa shape index (κ3) is 2.48. The Kier molecular flexibility index (Phi) is 2.39. The van der Waals surface area contributed by atoms with E-state index in [1.165, 1.54) is 25.7 Å². The van der Waals surface area contributed by atoms with Crippen molar-refractivity contribution in [1.29, 1.82) is 0 Å². The summed E-state index contributed by atoms with van der Waals surface area (Å²) in [5.74, 6) is 3.47. The molecular weight excluding hydrogens is 254 g/mol. The molecule has 1 aromatic rings. The molecule has 0 unspecified atom stereocenters. The van der Waals surface area contributed by atoms with Crippen LogP contribution in [0.4, 0.5) is 5.82 Å². The van der Waals surface area contributed by atoms with Gasteiger partial charge in [0.25, 0.3) is 0 Å². The number of nitrogens with zero attached hydrogens (tertiary/aromatic N) is 2. The summed E-state index contributed by atoms with van der Waals surface area (Å²) in [6.07, 6.45) is 5.24. The largest absolute Gasteiger partial charge is 0.370 e. The van der Waals surface area contributed by atoms with Gasteiger partial charge in [0.2, 0.25) is 0 Å². The molecule has 2 aliphatic rings. The van der Waals surface area contributed by atoms with Crippen molar-refractivity contribution in [3.63, 3.8) is 0 Å². The van der Waals surface area contributed by atoms with Crippen LogP contribution in [0, 0.1) is 5.92 Å². The second-order valence-corrected chi connectivity index (χ2v) is 5.35. The number of nitrogens with one attached hydrogen (secondary N) is 1. The van der Waals surface area contributed by atoms with Crippen molar-refractivity contribution in [2.75, 3.05) is 11.9 Å². The summed E-state index contributed by atoms with van der Waals surface area (Å²) in [7, 11) is 0. The second kappa shape index (κ2) is 3.74. The third-order valence-corrected chi connectivity index (χ3v) is 3.33. The zero-order valence-corrected chi connectivity index (χ0v) is 10.1. The van der Waals surface area contributed by atoms with E-state index in [0.29, 0.717) is 5.92 Å². The predicted molar refractivity (Wildman–Crippen MR) is 62.9 cm³/mol. The Morgan fingerprint density at radius 2 is 2.07 bits per heavy atom. The van der Waals surface area contributed by atoms with Gasteiger partial charge in [0.1, 0.15) is 16.2 Å². The summed E-state index contributed by atoms with van der Waals surface area (Å²) in [6, 6.07) is 1.97. The molecule has 2 saturated carbocycles. The van der Waals surface area contributed by atoms with Crippen LogP contribution < -0.4 is 5.32 Å². The molecule has 0 aromatic carbocycles. The number of anilines is 1. The lowest BCUT2D eigenvalue weighted by Gasteiger charge is -2.06. The summed E-state index contributed by atoms with van der Waals surface area (Å²) in [5, 5.41) is 3.39. The van der Waals surface area contributed by atoms with Gasteiger partial charge in [0.15, 0.2) is 0 Å². The van der Waals surface area contributed by atoms with E-state index in [1.54, 1.807) is 0 Å². The predicted octanol–water partition coefficient (Wildman–Crippen LogP) is 2.94. The Hall–Kier alpha value is -0.640.